The highest BCUT2D eigenvalue weighted by molar-refractivity contribution is 7.90. The van der Waals surface area contributed by atoms with Crippen LogP contribution >= 0.6 is 0 Å². The Morgan fingerprint density at radius 2 is 1.96 bits per heavy atom. The number of rotatable bonds is 4. The summed E-state index contributed by atoms with van der Waals surface area (Å²) in [5.74, 6) is 1.57. The van der Waals surface area contributed by atoms with Crippen LogP contribution in [0.3, 0.4) is 0 Å². The number of aromatic nitrogens is 3. The maximum absolute atomic E-state index is 12.5. The molecule has 122 valence electrons. The molecule has 0 unspecified atom stereocenters. The Bertz CT molecular complexity index is 840. The van der Waals surface area contributed by atoms with E-state index in [0.29, 0.717) is 12.1 Å². The first kappa shape index (κ1) is 15.7. The topological polar surface area (TPSA) is 85.2 Å². The molecule has 1 amide bonds. The second kappa shape index (κ2) is 5.77. The third-order valence-corrected chi connectivity index (χ3v) is 5.07. The zero-order chi connectivity index (χ0) is 16.6. The lowest BCUT2D eigenvalue weighted by molar-refractivity contribution is 0.0780. The van der Waals surface area contributed by atoms with Gasteiger partial charge in [-0.1, -0.05) is 0 Å². The van der Waals surface area contributed by atoms with Crippen molar-refractivity contribution in [2.24, 2.45) is 0 Å². The van der Waals surface area contributed by atoms with Crippen LogP contribution < -0.4 is 0 Å². The molecule has 8 heteroatoms. The SMILES string of the molecule is CN(Cc1nnc2n1CCC2)C(=O)c1ccc(S(C)(=O)=O)cc1. The van der Waals surface area contributed by atoms with Crippen molar-refractivity contribution in [1.82, 2.24) is 19.7 Å². The average Bonchev–Trinajstić information content (AvgIpc) is 3.11. The van der Waals surface area contributed by atoms with Gasteiger partial charge >= 0.3 is 0 Å². The molecule has 0 saturated carbocycles. The minimum absolute atomic E-state index is 0.180. The van der Waals surface area contributed by atoms with Crippen LogP contribution in [0.1, 0.15) is 28.4 Å². The van der Waals surface area contributed by atoms with E-state index >= 15 is 0 Å². The smallest absolute Gasteiger partial charge is 0.254 e. The van der Waals surface area contributed by atoms with Gasteiger partial charge in [-0.25, -0.2) is 8.42 Å². The quantitative estimate of drug-likeness (QED) is 0.829. The van der Waals surface area contributed by atoms with Gasteiger partial charge < -0.3 is 9.47 Å². The Hall–Kier alpha value is -2.22. The molecule has 0 bridgehead atoms. The lowest BCUT2D eigenvalue weighted by atomic mass is 10.2. The first-order valence-corrected chi connectivity index (χ1v) is 9.22. The maximum atomic E-state index is 12.5. The van der Waals surface area contributed by atoms with E-state index in [1.165, 1.54) is 24.3 Å². The van der Waals surface area contributed by atoms with Gasteiger partial charge in [0.1, 0.15) is 5.82 Å². The van der Waals surface area contributed by atoms with Gasteiger partial charge in [0.25, 0.3) is 5.91 Å². The number of benzene rings is 1. The minimum atomic E-state index is -3.26. The summed E-state index contributed by atoms with van der Waals surface area (Å²) < 4.78 is 25.0. The molecule has 3 rings (SSSR count). The van der Waals surface area contributed by atoms with Gasteiger partial charge in [-0.2, -0.15) is 0 Å². The molecule has 0 fully saturated rings. The van der Waals surface area contributed by atoms with Gasteiger partial charge in [0.05, 0.1) is 11.4 Å². The Morgan fingerprint density at radius 3 is 2.61 bits per heavy atom. The van der Waals surface area contributed by atoms with E-state index in [-0.39, 0.29) is 10.8 Å². The Morgan fingerprint density at radius 1 is 1.26 bits per heavy atom. The normalized spacial score (nSPS) is 13.8. The van der Waals surface area contributed by atoms with Crippen LogP contribution in [0.4, 0.5) is 0 Å². The highest BCUT2D eigenvalue weighted by Gasteiger charge is 2.20. The molecule has 0 radical (unpaired) electrons. The van der Waals surface area contributed by atoms with Crippen LogP contribution in [0, 0.1) is 0 Å². The molecule has 0 N–H and O–H groups in total. The van der Waals surface area contributed by atoms with Crippen LogP contribution in [-0.2, 0) is 29.3 Å². The summed E-state index contributed by atoms with van der Waals surface area (Å²) in [4.78, 5) is 14.2. The van der Waals surface area contributed by atoms with Gasteiger partial charge in [-0.05, 0) is 30.7 Å². The van der Waals surface area contributed by atoms with Crippen molar-refractivity contribution in [2.75, 3.05) is 13.3 Å². The molecular weight excluding hydrogens is 316 g/mol. The number of aryl methyl sites for hydroxylation is 1. The van der Waals surface area contributed by atoms with E-state index in [0.717, 1.165) is 37.3 Å². The molecule has 1 aromatic heterocycles. The van der Waals surface area contributed by atoms with E-state index in [4.69, 9.17) is 0 Å². The average molecular weight is 334 g/mol. The Labute approximate surface area is 134 Å². The molecule has 7 nitrogen and oxygen atoms in total. The molecule has 1 aromatic carbocycles. The van der Waals surface area contributed by atoms with E-state index in [1.807, 2.05) is 0 Å². The van der Waals surface area contributed by atoms with Gasteiger partial charge in [-0.15, -0.1) is 10.2 Å². The molecule has 23 heavy (non-hydrogen) atoms. The van der Waals surface area contributed by atoms with Crippen LogP contribution in [0.2, 0.25) is 0 Å². The van der Waals surface area contributed by atoms with Gasteiger partial charge in [0, 0.05) is 31.8 Å². The van der Waals surface area contributed by atoms with Gasteiger partial charge in [-0.3, -0.25) is 4.79 Å². The van der Waals surface area contributed by atoms with Crippen LogP contribution in [-0.4, -0.2) is 47.3 Å². The van der Waals surface area contributed by atoms with Crippen molar-refractivity contribution in [1.29, 1.82) is 0 Å². The molecule has 2 aromatic rings. The number of hydrogen-bond acceptors (Lipinski definition) is 5. The maximum Gasteiger partial charge on any atom is 0.254 e. The Balaban J connectivity index is 1.74. The predicted molar refractivity (Wildman–Crippen MR) is 83.7 cm³/mol. The zero-order valence-electron chi connectivity index (χ0n) is 13.1. The van der Waals surface area contributed by atoms with Crippen molar-refractivity contribution < 1.29 is 13.2 Å². The van der Waals surface area contributed by atoms with Crippen LogP contribution in [0.15, 0.2) is 29.2 Å². The van der Waals surface area contributed by atoms with E-state index in [1.54, 1.807) is 11.9 Å². The summed E-state index contributed by atoms with van der Waals surface area (Å²) in [6, 6.07) is 5.96. The first-order chi connectivity index (χ1) is 10.9. The summed E-state index contributed by atoms with van der Waals surface area (Å²) in [5, 5.41) is 8.27. The summed E-state index contributed by atoms with van der Waals surface area (Å²) in [6.45, 7) is 1.27. The van der Waals surface area contributed by atoms with Crippen molar-refractivity contribution in [3.05, 3.63) is 41.5 Å². The highest BCUT2D eigenvalue weighted by atomic mass is 32.2. The number of nitrogens with zero attached hydrogens (tertiary/aromatic N) is 4. The molecule has 1 aliphatic rings. The van der Waals surface area contributed by atoms with Gasteiger partial charge in [0.15, 0.2) is 15.7 Å². The number of carbonyl (C=O) groups is 1. The summed E-state index contributed by atoms with van der Waals surface area (Å²) in [7, 11) is -1.56. The van der Waals surface area contributed by atoms with E-state index in [9.17, 15) is 13.2 Å². The van der Waals surface area contributed by atoms with Crippen molar-refractivity contribution >= 4 is 15.7 Å². The molecule has 2 heterocycles. The number of carbonyl (C=O) groups excluding carboxylic acids is 1. The van der Waals surface area contributed by atoms with Gasteiger partial charge in [0.2, 0.25) is 0 Å². The number of sulfone groups is 1. The molecule has 0 aliphatic carbocycles. The fourth-order valence-corrected chi connectivity index (χ4v) is 3.31. The van der Waals surface area contributed by atoms with Crippen LogP contribution in [0.25, 0.3) is 0 Å². The third-order valence-electron chi connectivity index (χ3n) is 3.94. The standard InChI is InChI=1S/C15H18N4O3S/c1-18(10-14-17-16-13-4-3-9-19(13)14)15(20)11-5-7-12(8-6-11)23(2,21)22/h5-8H,3-4,9-10H2,1-2H3. The van der Waals surface area contributed by atoms with Crippen molar-refractivity contribution in [2.45, 2.75) is 30.8 Å². The fraction of sp³-hybridized carbons (Fsp3) is 0.400. The number of hydrogen-bond donors (Lipinski definition) is 0. The molecule has 0 saturated heterocycles. The zero-order valence-corrected chi connectivity index (χ0v) is 13.9. The molecule has 1 aliphatic heterocycles. The molecular formula is C15H18N4O3S. The second-order valence-corrected chi connectivity index (χ2v) is 7.76. The largest absolute Gasteiger partial charge is 0.334 e. The number of amides is 1. The highest BCUT2D eigenvalue weighted by Crippen LogP contribution is 2.16. The summed E-state index contributed by atoms with van der Waals surface area (Å²) in [6.07, 6.45) is 3.13. The molecule has 0 atom stereocenters. The minimum Gasteiger partial charge on any atom is -0.334 e. The lowest BCUT2D eigenvalue weighted by Gasteiger charge is -2.17. The fourth-order valence-electron chi connectivity index (χ4n) is 2.68. The predicted octanol–water partition coefficient (Wildman–Crippen LogP) is 0.900. The van der Waals surface area contributed by atoms with E-state index < -0.39 is 9.84 Å². The van der Waals surface area contributed by atoms with Crippen molar-refractivity contribution in [3.63, 3.8) is 0 Å². The van der Waals surface area contributed by atoms with Crippen molar-refractivity contribution in [3.8, 4) is 0 Å². The van der Waals surface area contributed by atoms with E-state index in [2.05, 4.69) is 14.8 Å². The van der Waals surface area contributed by atoms with Crippen LogP contribution in [0.5, 0.6) is 0 Å². The third kappa shape index (κ3) is 3.12. The summed E-state index contributed by atoms with van der Waals surface area (Å²) in [5.41, 5.74) is 0.445. The second-order valence-electron chi connectivity index (χ2n) is 5.75. The Kier molecular flexibility index (Phi) is 3.93. The lowest BCUT2D eigenvalue weighted by Crippen LogP contribution is -2.27. The number of fused-ring (bicyclic) bond motifs is 1. The molecule has 0 spiro atoms. The summed E-state index contributed by atoms with van der Waals surface area (Å²) >= 11 is 0. The first-order valence-electron chi connectivity index (χ1n) is 7.33. The monoisotopic (exact) mass is 334 g/mol.